The van der Waals surface area contributed by atoms with E-state index in [4.69, 9.17) is 0 Å². The predicted octanol–water partition coefficient (Wildman–Crippen LogP) is 3.50. The average Bonchev–Trinajstić information content (AvgIpc) is 3.31. The number of carbonyl (C=O) groups is 2. The highest BCUT2D eigenvalue weighted by Crippen LogP contribution is 2.44. The SMILES string of the molecule is O=C(C=P(c1ccccc1)(c1ccccc1)c1ccccc1)C1C(=O)NN=C1c1ccccc1. The number of amides is 1. The molecule has 1 heterocycles. The normalized spacial score (nSPS) is 15.4. The first-order valence-corrected chi connectivity index (χ1v) is 12.9. The summed E-state index contributed by atoms with van der Waals surface area (Å²) < 4.78 is 0. The van der Waals surface area contributed by atoms with E-state index >= 15 is 0 Å². The van der Waals surface area contributed by atoms with Crippen molar-refractivity contribution in [3.8, 4) is 0 Å². The minimum absolute atomic E-state index is 0.248. The third-order valence-electron chi connectivity index (χ3n) is 5.99. The summed E-state index contributed by atoms with van der Waals surface area (Å²) in [4.78, 5) is 26.8. The molecule has 4 aromatic carbocycles. The fourth-order valence-corrected chi connectivity index (χ4v) is 8.20. The van der Waals surface area contributed by atoms with Gasteiger partial charge in [-0.2, -0.15) is 5.10 Å². The molecular formula is C29H23N2O2P. The lowest BCUT2D eigenvalue weighted by Gasteiger charge is -2.28. The number of hydrogen-bond donors (Lipinski definition) is 1. The molecule has 5 rings (SSSR count). The molecule has 1 amide bonds. The molecule has 0 radical (unpaired) electrons. The standard InChI is InChI=1S/C29H23N2O2P/c32-26(27-28(30-31-29(27)33)22-13-5-1-6-14-22)21-34(23-15-7-2-8-16-23,24-17-9-3-10-18-24)25-19-11-4-12-20-25/h1-21,27H,(H,31,33). The van der Waals surface area contributed by atoms with Gasteiger partial charge in [-0.3, -0.25) is 9.59 Å². The van der Waals surface area contributed by atoms with Gasteiger partial charge in [0.05, 0.1) is 5.71 Å². The summed E-state index contributed by atoms with van der Waals surface area (Å²) in [7, 11) is 0. The van der Waals surface area contributed by atoms with Crippen LogP contribution in [0.4, 0.5) is 0 Å². The summed E-state index contributed by atoms with van der Waals surface area (Å²) in [6.45, 7) is -2.52. The van der Waals surface area contributed by atoms with Crippen LogP contribution in [-0.2, 0) is 9.59 Å². The van der Waals surface area contributed by atoms with Gasteiger partial charge >= 0.3 is 0 Å². The van der Waals surface area contributed by atoms with Gasteiger partial charge in [0, 0.05) is 0 Å². The summed E-state index contributed by atoms with van der Waals surface area (Å²) in [5, 5.41) is 7.39. The number of nitrogens with one attached hydrogen (secondary N) is 1. The van der Waals surface area contributed by atoms with Crippen molar-refractivity contribution in [2.24, 2.45) is 11.0 Å². The van der Waals surface area contributed by atoms with E-state index in [-0.39, 0.29) is 5.78 Å². The molecule has 0 saturated carbocycles. The zero-order valence-corrected chi connectivity index (χ0v) is 19.3. The third-order valence-corrected chi connectivity index (χ3v) is 9.97. The van der Waals surface area contributed by atoms with Crippen LogP contribution < -0.4 is 21.3 Å². The van der Waals surface area contributed by atoms with Crippen LogP contribution in [-0.4, -0.2) is 23.2 Å². The molecule has 0 aromatic heterocycles. The average molecular weight is 462 g/mol. The third kappa shape index (κ3) is 3.93. The van der Waals surface area contributed by atoms with E-state index in [1.165, 1.54) is 0 Å². The van der Waals surface area contributed by atoms with Crippen molar-refractivity contribution in [3.63, 3.8) is 0 Å². The lowest BCUT2D eigenvalue weighted by atomic mass is 9.94. The Balaban J connectivity index is 1.76. The van der Waals surface area contributed by atoms with Crippen molar-refractivity contribution in [2.45, 2.75) is 0 Å². The maximum absolute atomic E-state index is 14.0. The number of rotatable bonds is 6. The van der Waals surface area contributed by atoms with Crippen molar-refractivity contribution >= 4 is 46.0 Å². The van der Waals surface area contributed by atoms with Crippen LogP contribution in [0.5, 0.6) is 0 Å². The van der Waals surface area contributed by atoms with E-state index in [1.807, 2.05) is 84.9 Å². The molecule has 0 spiro atoms. The van der Waals surface area contributed by atoms with Gasteiger partial charge in [-0.1, -0.05) is 121 Å². The van der Waals surface area contributed by atoms with Gasteiger partial charge in [-0.05, 0) is 34.2 Å². The molecular weight excluding hydrogens is 439 g/mol. The number of benzene rings is 4. The molecule has 1 N–H and O–H groups in total. The first-order valence-electron chi connectivity index (χ1n) is 11.1. The second kappa shape index (κ2) is 9.46. The lowest BCUT2D eigenvalue weighted by molar-refractivity contribution is -0.127. The molecule has 0 fully saturated rings. The lowest BCUT2D eigenvalue weighted by Crippen LogP contribution is -2.35. The molecule has 4 aromatic rings. The second-order valence-electron chi connectivity index (χ2n) is 8.03. The fraction of sp³-hybridized carbons (Fsp3) is 0.0345. The first kappa shape index (κ1) is 21.8. The van der Waals surface area contributed by atoms with E-state index in [0.29, 0.717) is 5.71 Å². The van der Waals surface area contributed by atoms with Crippen molar-refractivity contribution < 1.29 is 9.59 Å². The van der Waals surface area contributed by atoms with E-state index in [1.54, 1.807) is 5.80 Å². The van der Waals surface area contributed by atoms with Crippen LogP contribution >= 0.6 is 6.89 Å². The highest BCUT2D eigenvalue weighted by atomic mass is 31.2. The number of ketones is 1. The van der Waals surface area contributed by atoms with Gasteiger partial charge in [0.1, 0.15) is 5.92 Å². The summed E-state index contributed by atoms with van der Waals surface area (Å²) >= 11 is 0. The van der Waals surface area contributed by atoms with Gasteiger partial charge in [-0.15, -0.1) is 0 Å². The highest BCUT2D eigenvalue weighted by molar-refractivity contribution is 7.95. The number of nitrogens with zero attached hydrogens (tertiary/aromatic N) is 1. The van der Waals surface area contributed by atoms with Crippen molar-refractivity contribution in [2.75, 3.05) is 0 Å². The summed E-state index contributed by atoms with van der Waals surface area (Å²) in [5.74, 6) is 0.175. The zero-order valence-electron chi connectivity index (χ0n) is 18.4. The Bertz CT molecular complexity index is 1300. The maximum Gasteiger partial charge on any atom is 0.257 e. The smallest absolute Gasteiger partial charge is 0.257 e. The van der Waals surface area contributed by atoms with Crippen molar-refractivity contribution in [3.05, 3.63) is 127 Å². The van der Waals surface area contributed by atoms with Crippen molar-refractivity contribution in [1.82, 2.24) is 5.43 Å². The molecule has 0 aliphatic carbocycles. The summed E-state index contributed by atoms with van der Waals surface area (Å²) in [5.41, 5.74) is 3.74. The van der Waals surface area contributed by atoms with Gasteiger partial charge in [0.15, 0.2) is 5.78 Å². The molecule has 1 atom stereocenters. The van der Waals surface area contributed by atoms with E-state index in [2.05, 4.69) is 46.9 Å². The Morgan fingerprint density at radius 2 is 1.09 bits per heavy atom. The van der Waals surface area contributed by atoms with E-state index < -0.39 is 18.7 Å². The van der Waals surface area contributed by atoms with E-state index in [0.717, 1.165) is 21.5 Å². The Morgan fingerprint density at radius 1 is 0.676 bits per heavy atom. The molecule has 1 aliphatic heterocycles. The Morgan fingerprint density at radius 3 is 1.53 bits per heavy atom. The zero-order chi connectivity index (χ0) is 23.4. The monoisotopic (exact) mass is 462 g/mol. The number of carbonyl (C=O) groups excluding carboxylic acids is 2. The molecule has 166 valence electrons. The molecule has 1 aliphatic rings. The molecule has 4 nitrogen and oxygen atoms in total. The quantitative estimate of drug-likeness (QED) is 0.352. The summed E-state index contributed by atoms with van der Waals surface area (Å²) in [6.07, 6.45) is 0. The van der Waals surface area contributed by atoms with E-state index in [9.17, 15) is 9.59 Å². The minimum Gasteiger partial charge on any atom is -0.293 e. The second-order valence-corrected chi connectivity index (χ2v) is 11.3. The largest absolute Gasteiger partial charge is 0.293 e. The van der Waals surface area contributed by atoms with Gasteiger partial charge < -0.3 is 0 Å². The molecule has 5 heteroatoms. The van der Waals surface area contributed by atoms with Gasteiger partial charge in [0.2, 0.25) is 0 Å². The highest BCUT2D eigenvalue weighted by Gasteiger charge is 2.38. The van der Waals surface area contributed by atoms with Crippen LogP contribution in [0.15, 0.2) is 126 Å². The first-order chi connectivity index (χ1) is 16.7. The van der Waals surface area contributed by atoms with Crippen LogP contribution in [0, 0.1) is 5.92 Å². The summed E-state index contributed by atoms with van der Waals surface area (Å²) in [6, 6.07) is 39.7. The number of hydrogen-bond acceptors (Lipinski definition) is 3. The Hall–Kier alpha value is -4.01. The van der Waals surface area contributed by atoms with Gasteiger partial charge in [-0.25, -0.2) is 5.43 Å². The maximum atomic E-state index is 14.0. The number of hydrazone groups is 1. The molecule has 34 heavy (non-hydrogen) atoms. The molecule has 0 bridgehead atoms. The molecule has 1 unspecified atom stereocenters. The fourth-order valence-electron chi connectivity index (χ4n) is 4.40. The van der Waals surface area contributed by atoms with Crippen LogP contribution in [0.1, 0.15) is 5.56 Å². The Kier molecular flexibility index (Phi) is 6.07. The van der Waals surface area contributed by atoms with Crippen LogP contribution in [0.3, 0.4) is 0 Å². The van der Waals surface area contributed by atoms with Crippen molar-refractivity contribution in [1.29, 1.82) is 0 Å². The topological polar surface area (TPSA) is 58.5 Å². The van der Waals surface area contributed by atoms with Crippen LogP contribution in [0.25, 0.3) is 0 Å². The van der Waals surface area contributed by atoms with Gasteiger partial charge in [0.25, 0.3) is 5.91 Å². The minimum atomic E-state index is -2.52. The molecule has 0 saturated heterocycles. The number of Topliss-reactive ketones (excluding diaryl/α,β-unsaturated/α-hetero) is 1. The predicted molar refractivity (Wildman–Crippen MR) is 141 cm³/mol. The van der Waals surface area contributed by atoms with Crippen LogP contribution in [0.2, 0.25) is 0 Å². The Labute approximate surface area is 199 Å².